The largest absolute Gasteiger partial charge is 0.120 e. The van der Waals surface area contributed by atoms with Gasteiger partial charge in [-0.1, -0.05) is 64.0 Å². The lowest BCUT2D eigenvalue weighted by Gasteiger charge is -1.99. The van der Waals surface area contributed by atoms with Gasteiger partial charge in [0.25, 0.3) is 0 Å². The topological polar surface area (TPSA) is 0 Å². The van der Waals surface area contributed by atoms with Crippen molar-refractivity contribution in [3.8, 4) is 12.3 Å². The summed E-state index contributed by atoms with van der Waals surface area (Å²) >= 11 is 0. The fourth-order valence-electron chi connectivity index (χ4n) is 1.93. The van der Waals surface area contributed by atoms with Gasteiger partial charge in [0, 0.05) is 6.42 Å². The zero-order valence-corrected chi connectivity index (χ0v) is 11.7. The number of unbranched alkanes of at least 4 members (excludes halogenated alkanes) is 10. The predicted molar refractivity (Wildman–Crippen MR) is 79.1 cm³/mol. The van der Waals surface area contributed by atoms with E-state index in [-0.39, 0.29) is 0 Å². The van der Waals surface area contributed by atoms with Crippen LogP contribution in [0.25, 0.3) is 0 Å². The van der Waals surface area contributed by atoms with E-state index in [1.807, 2.05) is 0 Å². The molecule has 0 aromatic heterocycles. The molecule has 0 aromatic rings. The average molecular weight is 234 g/mol. The lowest BCUT2D eigenvalue weighted by molar-refractivity contribution is 0.585. The molecule has 0 aliphatic rings. The van der Waals surface area contributed by atoms with Gasteiger partial charge >= 0.3 is 0 Å². The lowest BCUT2D eigenvalue weighted by atomic mass is 10.1. The summed E-state index contributed by atoms with van der Waals surface area (Å²) in [6.07, 6.45) is 25.6. The molecule has 0 atom stereocenters. The van der Waals surface area contributed by atoms with E-state index in [1.165, 1.54) is 70.6 Å². The summed E-state index contributed by atoms with van der Waals surface area (Å²) in [6, 6.07) is 0. The van der Waals surface area contributed by atoms with Crippen molar-refractivity contribution in [1.29, 1.82) is 0 Å². The van der Waals surface area contributed by atoms with Crippen LogP contribution in [0.3, 0.4) is 0 Å². The molecule has 0 saturated heterocycles. The third-order valence-electron chi connectivity index (χ3n) is 3.08. The Morgan fingerprint density at radius 2 is 1.29 bits per heavy atom. The van der Waals surface area contributed by atoms with Crippen LogP contribution in [-0.2, 0) is 0 Å². The molecule has 0 heterocycles. The number of hydrogen-bond acceptors (Lipinski definition) is 0. The van der Waals surface area contributed by atoms with Crippen LogP contribution in [0.15, 0.2) is 12.2 Å². The Hall–Kier alpha value is -0.700. The molecule has 0 nitrogen and oxygen atoms in total. The Kier molecular flexibility index (Phi) is 14.7. The van der Waals surface area contributed by atoms with Gasteiger partial charge in [-0.15, -0.1) is 12.3 Å². The highest BCUT2D eigenvalue weighted by molar-refractivity contribution is 4.82. The molecule has 0 aromatic carbocycles. The highest BCUT2D eigenvalue weighted by Crippen LogP contribution is 2.09. The molecule has 0 fully saturated rings. The zero-order chi connectivity index (χ0) is 12.6. The maximum Gasteiger partial charge on any atom is 0.00860 e. The molecule has 0 saturated carbocycles. The standard InChI is InChI=1S/C17H30/c1-3-5-7-9-11-13-15-17-16-14-12-10-8-6-4-2/h1,10,12H,4-9,11,13-17H2,2H3/b12-10+. The summed E-state index contributed by atoms with van der Waals surface area (Å²) in [6.45, 7) is 2.25. The van der Waals surface area contributed by atoms with Gasteiger partial charge in [-0.2, -0.15) is 0 Å². The molecular weight excluding hydrogens is 204 g/mol. The first-order valence-corrected chi connectivity index (χ1v) is 7.50. The van der Waals surface area contributed by atoms with Gasteiger partial charge in [-0.25, -0.2) is 0 Å². The van der Waals surface area contributed by atoms with Gasteiger partial charge in [0.2, 0.25) is 0 Å². The Labute approximate surface area is 109 Å². The van der Waals surface area contributed by atoms with Crippen LogP contribution in [0, 0.1) is 12.3 Å². The third kappa shape index (κ3) is 15.3. The SMILES string of the molecule is C#CCCCCCCCCC/C=C/CCCC. The van der Waals surface area contributed by atoms with E-state index in [9.17, 15) is 0 Å². The Bertz CT molecular complexity index is 195. The van der Waals surface area contributed by atoms with Gasteiger partial charge < -0.3 is 0 Å². The Morgan fingerprint density at radius 3 is 1.88 bits per heavy atom. The van der Waals surface area contributed by atoms with Gasteiger partial charge in [0.1, 0.15) is 0 Å². The Balaban J connectivity index is 2.98. The number of hydrogen-bond donors (Lipinski definition) is 0. The van der Waals surface area contributed by atoms with Crippen LogP contribution in [-0.4, -0.2) is 0 Å². The lowest BCUT2D eigenvalue weighted by Crippen LogP contribution is -1.80. The highest BCUT2D eigenvalue weighted by Gasteiger charge is 1.90. The molecule has 98 valence electrons. The molecule has 0 unspecified atom stereocenters. The summed E-state index contributed by atoms with van der Waals surface area (Å²) < 4.78 is 0. The van der Waals surface area contributed by atoms with Crippen molar-refractivity contribution in [3.63, 3.8) is 0 Å². The van der Waals surface area contributed by atoms with Crippen molar-refractivity contribution >= 4 is 0 Å². The smallest absolute Gasteiger partial charge is 0.00860 e. The second kappa shape index (κ2) is 15.3. The van der Waals surface area contributed by atoms with E-state index in [0.717, 1.165) is 6.42 Å². The van der Waals surface area contributed by atoms with Crippen LogP contribution >= 0.6 is 0 Å². The van der Waals surface area contributed by atoms with Crippen molar-refractivity contribution in [3.05, 3.63) is 12.2 Å². The van der Waals surface area contributed by atoms with Gasteiger partial charge in [0.15, 0.2) is 0 Å². The Morgan fingerprint density at radius 1 is 0.765 bits per heavy atom. The van der Waals surface area contributed by atoms with Crippen LogP contribution in [0.5, 0.6) is 0 Å². The molecule has 0 heteroatoms. The van der Waals surface area contributed by atoms with Crippen LogP contribution in [0.4, 0.5) is 0 Å². The molecule has 0 rings (SSSR count). The fourth-order valence-corrected chi connectivity index (χ4v) is 1.93. The van der Waals surface area contributed by atoms with Gasteiger partial charge in [-0.3, -0.25) is 0 Å². The van der Waals surface area contributed by atoms with Crippen LogP contribution in [0.1, 0.15) is 84.0 Å². The van der Waals surface area contributed by atoms with E-state index >= 15 is 0 Å². The second-order valence-corrected chi connectivity index (χ2v) is 4.83. The van der Waals surface area contributed by atoms with Gasteiger partial charge in [0.05, 0.1) is 0 Å². The second-order valence-electron chi connectivity index (χ2n) is 4.83. The number of rotatable bonds is 12. The first kappa shape index (κ1) is 16.3. The van der Waals surface area contributed by atoms with E-state index < -0.39 is 0 Å². The maximum absolute atomic E-state index is 5.21. The third-order valence-corrected chi connectivity index (χ3v) is 3.08. The molecule has 0 radical (unpaired) electrons. The van der Waals surface area contributed by atoms with Crippen molar-refractivity contribution in [2.75, 3.05) is 0 Å². The summed E-state index contributed by atoms with van der Waals surface area (Å²) in [5, 5.41) is 0. The quantitative estimate of drug-likeness (QED) is 0.225. The van der Waals surface area contributed by atoms with E-state index in [0.29, 0.717) is 0 Å². The van der Waals surface area contributed by atoms with E-state index in [4.69, 9.17) is 6.42 Å². The molecular formula is C17H30. The molecule has 0 N–H and O–H groups in total. The molecule has 0 aliphatic heterocycles. The molecule has 17 heavy (non-hydrogen) atoms. The minimum atomic E-state index is 0.961. The maximum atomic E-state index is 5.21. The summed E-state index contributed by atoms with van der Waals surface area (Å²) in [7, 11) is 0. The average Bonchev–Trinajstić information content (AvgIpc) is 2.35. The number of allylic oxidation sites excluding steroid dienone is 2. The van der Waals surface area contributed by atoms with Crippen LogP contribution < -0.4 is 0 Å². The molecule has 0 amide bonds. The fraction of sp³-hybridized carbons (Fsp3) is 0.765. The first-order valence-electron chi connectivity index (χ1n) is 7.50. The van der Waals surface area contributed by atoms with Crippen molar-refractivity contribution in [2.24, 2.45) is 0 Å². The first-order chi connectivity index (χ1) is 8.41. The molecule has 0 bridgehead atoms. The minimum Gasteiger partial charge on any atom is -0.120 e. The predicted octanol–water partition coefficient (Wildman–Crippen LogP) is 5.88. The molecule has 0 spiro atoms. The number of terminal acetylenes is 1. The molecule has 0 aliphatic carbocycles. The van der Waals surface area contributed by atoms with Crippen LogP contribution in [0.2, 0.25) is 0 Å². The summed E-state index contributed by atoms with van der Waals surface area (Å²) in [4.78, 5) is 0. The van der Waals surface area contributed by atoms with E-state index in [1.54, 1.807) is 0 Å². The minimum absolute atomic E-state index is 0.961. The van der Waals surface area contributed by atoms with Crippen molar-refractivity contribution in [2.45, 2.75) is 84.0 Å². The normalized spacial score (nSPS) is 10.8. The highest BCUT2D eigenvalue weighted by atomic mass is 14.0. The zero-order valence-electron chi connectivity index (χ0n) is 11.7. The van der Waals surface area contributed by atoms with Crippen molar-refractivity contribution < 1.29 is 0 Å². The summed E-state index contributed by atoms with van der Waals surface area (Å²) in [5.74, 6) is 2.70. The van der Waals surface area contributed by atoms with E-state index in [2.05, 4.69) is 25.0 Å². The monoisotopic (exact) mass is 234 g/mol. The van der Waals surface area contributed by atoms with Gasteiger partial charge in [-0.05, 0) is 25.7 Å². The summed E-state index contributed by atoms with van der Waals surface area (Å²) in [5.41, 5.74) is 0. The van der Waals surface area contributed by atoms with Crippen molar-refractivity contribution in [1.82, 2.24) is 0 Å².